The molecule has 300 valence electrons. The summed E-state index contributed by atoms with van der Waals surface area (Å²) >= 11 is 10.6. The number of rotatable bonds is 15. The summed E-state index contributed by atoms with van der Waals surface area (Å²) in [5.74, 6) is -0.918. The Kier molecular flexibility index (Phi) is 25.3. The summed E-state index contributed by atoms with van der Waals surface area (Å²) < 4.78 is 0. The summed E-state index contributed by atoms with van der Waals surface area (Å²) in [6.45, 7) is 24.5. The van der Waals surface area contributed by atoms with Crippen molar-refractivity contribution in [1.29, 1.82) is 0 Å². The van der Waals surface area contributed by atoms with Gasteiger partial charge in [-0.25, -0.2) is 34.9 Å². The molecule has 0 heterocycles. The molecule has 0 aromatic heterocycles. The van der Waals surface area contributed by atoms with Crippen molar-refractivity contribution < 1.29 is 14.7 Å². The molecule has 55 heavy (non-hydrogen) atoms. The van der Waals surface area contributed by atoms with Crippen LogP contribution in [0.15, 0.2) is 91.0 Å². The maximum atomic E-state index is 12.8. The van der Waals surface area contributed by atoms with Crippen LogP contribution in [0.25, 0.3) is 0 Å². The van der Waals surface area contributed by atoms with E-state index in [0.29, 0.717) is 21.7 Å². The van der Waals surface area contributed by atoms with Gasteiger partial charge in [0.15, 0.2) is 5.78 Å². The molecule has 0 fully saturated rings. The summed E-state index contributed by atoms with van der Waals surface area (Å²) in [6, 6.07) is 28.3. The smallest absolute Gasteiger partial charge is 0.478 e. The Morgan fingerprint density at radius 3 is 1.20 bits per heavy atom. The van der Waals surface area contributed by atoms with Crippen molar-refractivity contribution in [1.82, 2.24) is 0 Å². The van der Waals surface area contributed by atoms with E-state index >= 15 is 0 Å². The molecule has 0 saturated heterocycles. The molecule has 0 aliphatic rings. The van der Waals surface area contributed by atoms with E-state index in [1.807, 2.05) is 72.8 Å². The van der Waals surface area contributed by atoms with Crippen LogP contribution in [-0.4, -0.2) is 80.6 Å². The van der Waals surface area contributed by atoms with Gasteiger partial charge in [-0.15, -0.1) is 0 Å². The van der Waals surface area contributed by atoms with Crippen molar-refractivity contribution in [3.05, 3.63) is 118 Å². The highest BCUT2D eigenvalue weighted by molar-refractivity contribution is 7.54. The van der Waals surface area contributed by atoms with E-state index in [2.05, 4.69) is 81.1 Å². The molecular formula is C42H56AlCl5N4O3. The van der Waals surface area contributed by atoms with Crippen LogP contribution in [0.1, 0.15) is 81.7 Å². The first kappa shape index (κ1) is 50.2. The summed E-state index contributed by atoms with van der Waals surface area (Å²) in [4.78, 5) is 32.3. The molecule has 4 rings (SSSR count). The van der Waals surface area contributed by atoms with Gasteiger partial charge in [0, 0.05) is 91.3 Å². The molecule has 0 unspecified atom stereocenters. The number of benzene rings is 4. The van der Waals surface area contributed by atoms with Crippen molar-refractivity contribution in [3.8, 4) is 0 Å². The maximum Gasteiger partial charge on any atom is 0.643 e. The molecule has 0 bridgehead atoms. The molecule has 0 aliphatic heterocycles. The van der Waals surface area contributed by atoms with E-state index in [1.165, 1.54) is 5.69 Å². The second kappa shape index (κ2) is 27.7. The van der Waals surface area contributed by atoms with Crippen LogP contribution in [0.5, 0.6) is 0 Å². The zero-order valence-corrected chi connectivity index (χ0v) is 38.3. The minimum absolute atomic E-state index is 0.0396. The second-order valence-corrected chi connectivity index (χ2v) is 19.1. The minimum atomic E-state index is -1.72. The van der Waals surface area contributed by atoms with Crippen LogP contribution in [0.3, 0.4) is 0 Å². The molecule has 4 aromatic carbocycles. The van der Waals surface area contributed by atoms with Crippen LogP contribution in [0, 0.1) is 0 Å². The molecule has 13 heteroatoms. The number of anilines is 4. The van der Waals surface area contributed by atoms with E-state index < -0.39 is 17.4 Å². The largest absolute Gasteiger partial charge is 0.643 e. The zero-order valence-electron chi connectivity index (χ0n) is 33.3. The number of halogens is 5. The maximum absolute atomic E-state index is 12.8. The standard InChI is InChI=1S/C21H27ClN2O.C11H15NO2.C10H14ClN.Al.3ClH/c1-5-23(6-2)17-11-9-16(10-12-17)21(25)19-14-13-18(15-20(19)22)24(7-3)8-4;1-3-12(4-2)10-7-5-9(6-8-10)11(13)14;1-3-12(4-2)10-7-5-6-9(11)8-10;;;;/h9-15H,5-8H2,1-4H3;5-8H,3-4H2,1-2H3,(H,13,14);5-8H,3-4H2,1-2H3;;3*1H/q;;;+3;;;/p-3. The van der Waals surface area contributed by atoms with Crippen molar-refractivity contribution in [2.45, 2.75) is 55.4 Å². The molecule has 0 aliphatic carbocycles. The predicted molar refractivity (Wildman–Crippen MR) is 244 cm³/mol. The van der Waals surface area contributed by atoms with Gasteiger partial charge in [-0.2, -0.15) is 0 Å². The Morgan fingerprint density at radius 1 is 0.509 bits per heavy atom. The number of carbonyl (C=O) groups excluding carboxylic acids is 1. The van der Waals surface area contributed by atoms with Crippen molar-refractivity contribution in [2.24, 2.45) is 0 Å². The van der Waals surface area contributed by atoms with Gasteiger partial charge >= 0.3 is 17.4 Å². The van der Waals surface area contributed by atoms with E-state index in [4.69, 9.17) is 58.5 Å². The SMILES string of the molecule is CCN(CC)c1ccc(C(=O)O)cc1.CCN(CC)c1ccc(C(=O)c2ccc(N(CC)CC)cc2Cl)cc1.CCN(CC)c1cccc(Cl)c1.[Cl][Al]([Cl])[Cl]. The van der Waals surface area contributed by atoms with Crippen LogP contribution >= 0.6 is 53.3 Å². The fourth-order valence-electron chi connectivity index (χ4n) is 5.71. The molecule has 0 atom stereocenters. The molecule has 1 N–H and O–H groups in total. The van der Waals surface area contributed by atoms with E-state index in [1.54, 1.807) is 12.1 Å². The first-order valence-electron chi connectivity index (χ1n) is 18.7. The lowest BCUT2D eigenvalue weighted by molar-refractivity contribution is 0.0696. The lowest BCUT2D eigenvalue weighted by Gasteiger charge is -2.22. The number of carboxylic acids is 1. The number of carbonyl (C=O) groups is 2. The third kappa shape index (κ3) is 17.5. The lowest BCUT2D eigenvalue weighted by Crippen LogP contribution is -2.22. The van der Waals surface area contributed by atoms with Gasteiger partial charge in [0.1, 0.15) is 0 Å². The first-order valence-corrected chi connectivity index (χ1v) is 24.7. The van der Waals surface area contributed by atoms with Crippen molar-refractivity contribution in [3.63, 3.8) is 0 Å². The van der Waals surface area contributed by atoms with Gasteiger partial charge in [0.25, 0.3) is 0 Å². The summed E-state index contributed by atoms with van der Waals surface area (Å²) in [5, 5.41) is 10.0. The average Bonchev–Trinajstić information content (AvgIpc) is 3.17. The Bertz CT molecular complexity index is 1680. The predicted octanol–water partition coefficient (Wildman–Crippen LogP) is 12.4. The fourth-order valence-corrected chi connectivity index (χ4v) is 6.15. The van der Waals surface area contributed by atoms with Gasteiger partial charge in [-0.05, 0) is 140 Å². The molecule has 0 amide bonds. The van der Waals surface area contributed by atoms with Crippen molar-refractivity contribution in [2.75, 3.05) is 72.0 Å². The number of ketones is 1. The van der Waals surface area contributed by atoms with E-state index in [9.17, 15) is 9.59 Å². The molecular weight excluding hydrogens is 813 g/mol. The molecule has 4 aromatic rings. The number of hydrogen-bond acceptors (Lipinski definition) is 6. The number of hydrogen-bond donors (Lipinski definition) is 1. The number of carboxylic acid groups (broad SMARTS) is 1. The highest BCUT2D eigenvalue weighted by Gasteiger charge is 2.15. The normalized spacial score (nSPS) is 9.98. The van der Waals surface area contributed by atoms with Gasteiger partial charge in [0.2, 0.25) is 0 Å². The molecule has 0 saturated carbocycles. The zero-order chi connectivity index (χ0) is 41.5. The summed E-state index contributed by atoms with van der Waals surface area (Å²) in [6.07, 6.45) is 0. The monoisotopic (exact) mass is 866 g/mol. The Hall–Kier alpha value is -2.80. The topological polar surface area (TPSA) is 67.3 Å². The van der Waals surface area contributed by atoms with Gasteiger partial charge in [-0.1, -0.05) is 29.3 Å². The minimum Gasteiger partial charge on any atom is -0.478 e. The number of nitrogens with zero attached hydrogens (tertiary/aromatic N) is 4. The Morgan fingerprint density at radius 2 is 0.855 bits per heavy atom. The van der Waals surface area contributed by atoms with Gasteiger partial charge in [0.05, 0.1) is 10.6 Å². The molecule has 0 spiro atoms. The van der Waals surface area contributed by atoms with Crippen LogP contribution < -0.4 is 19.6 Å². The second-order valence-electron chi connectivity index (χ2n) is 11.8. The first-order chi connectivity index (χ1) is 26.2. The lowest BCUT2D eigenvalue weighted by atomic mass is 10.0. The summed E-state index contributed by atoms with van der Waals surface area (Å²) in [5.41, 5.74) is 5.99. The van der Waals surface area contributed by atoms with Crippen LogP contribution in [0.2, 0.25) is 10.0 Å². The molecule has 0 radical (unpaired) electrons. The summed E-state index contributed by atoms with van der Waals surface area (Å²) in [7, 11) is 14.8. The van der Waals surface area contributed by atoms with Crippen LogP contribution in [0.4, 0.5) is 22.7 Å². The van der Waals surface area contributed by atoms with E-state index in [0.717, 1.165) is 74.4 Å². The van der Waals surface area contributed by atoms with Gasteiger partial charge < -0.3 is 24.7 Å². The highest BCUT2D eigenvalue weighted by Crippen LogP contribution is 2.27. The quantitative estimate of drug-likeness (QED) is 0.0943. The van der Waals surface area contributed by atoms with E-state index in [-0.39, 0.29) is 5.78 Å². The molecule has 7 nitrogen and oxygen atoms in total. The average molecular weight is 869 g/mol. The Labute approximate surface area is 356 Å². The number of aromatic carboxylic acids is 1. The van der Waals surface area contributed by atoms with Crippen molar-refractivity contribution >= 4 is 99.2 Å². The van der Waals surface area contributed by atoms with Gasteiger partial charge in [-0.3, -0.25) is 4.79 Å². The Balaban J connectivity index is 0.000000425. The third-order valence-corrected chi connectivity index (χ3v) is 9.31. The fraction of sp³-hybridized carbons (Fsp3) is 0.381. The van der Waals surface area contributed by atoms with Crippen LogP contribution in [-0.2, 0) is 0 Å². The third-order valence-electron chi connectivity index (χ3n) is 8.76. The highest BCUT2D eigenvalue weighted by atomic mass is 35.8.